The average molecular weight is 518 g/mol. The van der Waals surface area contributed by atoms with E-state index in [1.165, 1.54) is 18.4 Å². The third kappa shape index (κ3) is 9.09. The molecule has 1 saturated heterocycles. The van der Waals surface area contributed by atoms with E-state index in [2.05, 4.69) is 34.6 Å². The van der Waals surface area contributed by atoms with E-state index in [1.54, 1.807) is 7.11 Å². The Hall–Kier alpha value is -1.06. The molecule has 1 heterocycles. The van der Waals surface area contributed by atoms with Crippen LogP contribution in [0.3, 0.4) is 0 Å². The number of nitrogens with one attached hydrogen (secondary N) is 2. The van der Waals surface area contributed by atoms with Gasteiger partial charge in [-0.3, -0.25) is 9.89 Å². The van der Waals surface area contributed by atoms with Crippen LogP contribution in [0, 0.1) is 0 Å². The van der Waals surface area contributed by atoms with Crippen LogP contribution in [0.25, 0.3) is 0 Å². The number of para-hydroxylation sites is 1. The van der Waals surface area contributed by atoms with Crippen molar-refractivity contribution in [1.82, 2.24) is 15.5 Å². The molecule has 0 spiro atoms. The predicted octanol–water partition coefficient (Wildman–Crippen LogP) is 3.82. The summed E-state index contributed by atoms with van der Waals surface area (Å²) < 4.78 is 11.0. The van der Waals surface area contributed by atoms with Crippen LogP contribution >= 0.6 is 24.0 Å². The van der Waals surface area contributed by atoms with Gasteiger partial charge in [-0.25, -0.2) is 0 Å². The van der Waals surface area contributed by atoms with Crippen molar-refractivity contribution < 1.29 is 9.47 Å². The maximum atomic E-state index is 5.63. The molecule has 0 radical (unpaired) electrons. The summed E-state index contributed by atoms with van der Waals surface area (Å²) in [6.45, 7) is 10.5. The molecule has 1 aromatic carbocycles. The number of hydrogen-bond donors (Lipinski definition) is 2. The van der Waals surface area contributed by atoms with Gasteiger partial charge in [-0.05, 0) is 58.7 Å². The molecule has 0 aromatic heterocycles. The summed E-state index contributed by atoms with van der Waals surface area (Å²) in [5.74, 6) is 1.83. The van der Waals surface area contributed by atoms with Crippen molar-refractivity contribution in [3.05, 3.63) is 29.8 Å². The quantitative estimate of drug-likeness (QED) is 0.191. The molecule has 0 aliphatic carbocycles. The summed E-state index contributed by atoms with van der Waals surface area (Å²) in [6.07, 6.45) is 4.66. The zero-order valence-electron chi connectivity index (χ0n) is 18.3. The number of likely N-dealkylation sites (tertiary alicyclic amines) is 1. The van der Waals surface area contributed by atoms with Crippen molar-refractivity contribution >= 4 is 29.9 Å². The van der Waals surface area contributed by atoms with Crippen molar-refractivity contribution in [1.29, 1.82) is 0 Å². The zero-order chi connectivity index (χ0) is 20.0. The molecule has 29 heavy (non-hydrogen) atoms. The van der Waals surface area contributed by atoms with Gasteiger partial charge in [-0.15, -0.1) is 24.0 Å². The minimum absolute atomic E-state index is 0. The van der Waals surface area contributed by atoms with E-state index in [4.69, 9.17) is 14.5 Å². The van der Waals surface area contributed by atoms with Crippen molar-refractivity contribution in [3.8, 4) is 5.75 Å². The Labute approximate surface area is 193 Å². The largest absolute Gasteiger partial charge is 0.496 e. The topological polar surface area (TPSA) is 58.1 Å². The lowest BCUT2D eigenvalue weighted by Crippen LogP contribution is -2.39. The summed E-state index contributed by atoms with van der Waals surface area (Å²) in [4.78, 5) is 7.44. The molecule has 7 heteroatoms. The summed E-state index contributed by atoms with van der Waals surface area (Å²) in [7, 11) is 1.75. The molecule has 2 N–H and O–H groups in total. The molecule has 1 aromatic rings. The molecule has 1 fully saturated rings. The number of methoxy groups -OCH3 is 1. The van der Waals surface area contributed by atoms with E-state index in [0.717, 1.165) is 63.9 Å². The van der Waals surface area contributed by atoms with E-state index in [0.29, 0.717) is 6.54 Å². The first-order chi connectivity index (χ1) is 13.8. The summed E-state index contributed by atoms with van der Waals surface area (Å²) in [5, 5.41) is 6.83. The first-order valence-electron chi connectivity index (χ1n) is 10.8. The van der Waals surface area contributed by atoms with Gasteiger partial charge in [0.15, 0.2) is 5.96 Å². The number of unbranched alkanes of at least 4 members (excludes halogenated alkanes) is 1. The number of guanidine groups is 1. The fourth-order valence-corrected chi connectivity index (χ4v) is 3.61. The molecule has 166 valence electrons. The van der Waals surface area contributed by atoms with E-state index in [1.807, 2.05) is 19.1 Å². The molecule has 1 aliphatic rings. The Kier molecular flexibility index (Phi) is 14.1. The van der Waals surface area contributed by atoms with E-state index >= 15 is 0 Å². The minimum atomic E-state index is 0. The van der Waals surface area contributed by atoms with E-state index in [-0.39, 0.29) is 30.0 Å². The van der Waals surface area contributed by atoms with Crippen LogP contribution in [-0.4, -0.2) is 63.9 Å². The van der Waals surface area contributed by atoms with E-state index < -0.39 is 0 Å². The smallest absolute Gasteiger partial charge is 0.191 e. The minimum Gasteiger partial charge on any atom is -0.496 e. The number of nitrogens with zero attached hydrogens (tertiary/aromatic N) is 2. The maximum absolute atomic E-state index is 5.63. The van der Waals surface area contributed by atoms with Crippen LogP contribution in [0.2, 0.25) is 0 Å². The predicted molar refractivity (Wildman–Crippen MR) is 132 cm³/mol. The van der Waals surface area contributed by atoms with Gasteiger partial charge in [-0.1, -0.05) is 18.2 Å². The normalized spacial score (nSPS) is 15.6. The first kappa shape index (κ1) is 26.0. The van der Waals surface area contributed by atoms with Crippen molar-refractivity contribution in [2.45, 2.75) is 45.6 Å². The lowest BCUT2D eigenvalue weighted by atomic mass is 10.0. The molecule has 6 nitrogen and oxygen atoms in total. The molecule has 0 bridgehead atoms. The fourth-order valence-electron chi connectivity index (χ4n) is 3.61. The van der Waals surface area contributed by atoms with Gasteiger partial charge in [0.1, 0.15) is 5.75 Å². The molecule has 1 unspecified atom stereocenters. The average Bonchev–Trinajstić information content (AvgIpc) is 3.25. The lowest BCUT2D eigenvalue weighted by Gasteiger charge is -2.28. The second-order valence-corrected chi connectivity index (χ2v) is 7.05. The molecule has 2 rings (SSSR count). The third-order valence-corrected chi connectivity index (χ3v) is 5.06. The van der Waals surface area contributed by atoms with Gasteiger partial charge < -0.3 is 20.1 Å². The Morgan fingerprint density at radius 1 is 1.14 bits per heavy atom. The van der Waals surface area contributed by atoms with Gasteiger partial charge in [-0.2, -0.15) is 0 Å². The first-order valence-corrected chi connectivity index (χ1v) is 10.8. The monoisotopic (exact) mass is 518 g/mol. The number of ether oxygens (including phenoxy) is 2. The number of rotatable bonds is 12. The molecule has 1 atom stereocenters. The molecule has 0 saturated carbocycles. The highest BCUT2D eigenvalue weighted by molar-refractivity contribution is 14.0. The molecular weight excluding hydrogens is 479 g/mol. The van der Waals surface area contributed by atoms with Crippen LogP contribution < -0.4 is 15.4 Å². The van der Waals surface area contributed by atoms with E-state index in [9.17, 15) is 0 Å². The third-order valence-electron chi connectivity index (χ3n) is 5.06. The van der Waals surface area contributed by atoms with Crippen molar-refractivity contribution in [2.24, 2.45) is 4.99 Å². The van der Waals surface area contributed by atoms with Crippen LogP contribution in [0.1, 0.15) is 51.1 Å². The van der Waals surface area contributed by atoms with Crippen LogP contribution in [0.15, 0.2) is 29.3 Å². The van der Waals surface area contributed by atoms with Gasteiger partial charge in [0, 0.05) is 31.9 Å². The van der Waals surface area contributed by atoms with Gasteiger partial charge in [0.25, 0.3) is 0 Å². The Bertz CT molecular complexity index is 580. The van der Waals surface area contributed by atoms with Crippen LogP contribution in [0.4, 0.5) is 0 Å². The second-order valence-electron chi connectivity index (χ2n) is 7.05. The number of aliphatic imine (C=N–C) groups is 1. The van der Waals surface area contributed by atoms with Gasteiger partial charge >= 0.3 is 0 Å². The second kappa shape index (κ2) is 15.7. The van der Waals surface area contributed by atoms with Crippen LogP contribution in [-0.2, 0) is 4.74 Å². The number of halogens is 1. The van der Waals surface area contributed by atoms with Crippen molar-refractivity contribution in [2.75, 3.05) is 53.0 Å². The van der Waals surface area contributed by atoms with Gasteiger partial charge in [0.2, 0.25) is 0 Å². The highest BCUT2D eigenvalue weighted by Crippen LogP contribution is 2.31. The zero-order valence-corrected chi connectivity index (χ0v) is 20.6. The highest BCUT2D eigenvalue weighted by Gasteiger charge is 2.25. The van der Waals surface area contributed by atoms with Crippen LogP contribution in [0.5, 0.6) is 5.75 Å². The molecule has 0 amide bonds. The van der Waals surface area contributed by atoms with Gasteiger partial charge in [0.05, 0.1) is 19.7 Å². The number of benzene rings is 1. The highest BCUT2D eigenvalue weighted by atomic mass is 127. The Morgan fingerprint density at radius 3 is 2.59 bits per heavy atom. The SMILES string of the molecule is CCNC(=NCC(c1ccccc1OC)N1CCCC1)NCCCCOCC.I. The molecular formula is C22H39IN4O2. The Morgan fingerprint density at radius 2 is 1.90 bits per heavy atom. The number of hydrogen-bond acceptors (Lipinski definition) is 4. The standard InChI is InChI=1S/C22H38N4O2.HI/c1-4-23-22(24-14-8-11-17-28-5-2)25-18-20(26-15-9-10-16-26)19-12-6-7-13-21(19)27-3;/h6-7,12-13,20H,4-5,8-11,14-18H2,1-3H3,(H2,23,24,25);1H. The maximum Gasteiger partial charge on any atom is 0.191 e. The molecule has 1 aliphatic heterocycles. The van der Waals surface area contributed by atoms with Crippen molar-refractivity contribution in [3.63, 3.8) is 0 Å². The Balaban J connectivity index is 0.00000420. The fraction of sp³-hybridized carbons (Fsp3) is 0.682. The summed E-state index contributed by atoms with van der Waals surface area (Å²) in [6, 6.07) is 8.58. The summed E-state index contributed by atoms with van der Waals surface area (Å²) >= 11 is 0. The summed E-state index contributed by atoms with van der Waals surface area (Å²) in [5.41, 5.74) is 1.23. The lowest BCUT2D eigenvalue weighted by molar-refractivity contribution is 0.143.